The lowest BCUT2D eigenvalue weighted by molar-refractivity contribution is -0.117. The molecule has 0 radical (unpaired) electrons. The third-order valence-corrected chi connectivity index (χ3v) is 6.38. The van der Waals surface area contributed by atoms with E-state index in [4.69, 9.17) is 16.3 Å². The molecule has 0 N–H and O–H groups in total. The highest BCUT2D eigenvalue weighted by molar-refractivity contribution is 6.64. The maximum Gasteiger partial charge on any atom is 0.262 e. The summed E-state index contributed by atoms with van der Waals surface area (Å²) in [5.41, 5.74) is 2.63. The van der Waals surface area contributed by atoms with Crippen molar-refractivity contribution in [1.29, 1.82) is 0 Å². The van der Waals surface area contributed by atoms with E-state index in [9.17, 15) is 4.79 Å². The molecule has 0 saturated carbocycles. The smallest absolute Gasteiger partial charge is 0.262 e. The Morgan fingerprint density at radius 3 is 1.81 bits per heavy atom. The summed E-state index contributed by atoms with van der Waals surface area (Å²) >= 11 is 5.73. The first-order valence-corrected chi connectivity index (χ1v) is 13.5. The van der Waals surface area contributed by atoms with Gasteiger partial charge in [-0.1, -0.05) is 110 Å². The Balaban J connectivity index is 2.60. The molecule has 2 nitrogen and oxygen atoms in total. The highest BCUT2D eigenvalue weighted by Crippen LogP contribution is 2.26. The third kappa shape index (κ3) is 13.2. The van der Waals surface area contributed by atoms with E-state index in [0.29, 0.717) is 6.42 Å². The summed E-state index contributed by atoms with van der Waals surface area (Å²) in [6.45, 7) is 6.47. The monoisotopic (exact) mass is 450 g/mol. The van der Waals surface area contributed by atoms with Crippen molar-refractivity contribution in [3.63, 3.8) is 0 Å². The normalized spacial score (nSPS) is 12.1. The van der Waals surface area contributed by atoms with Crippen molar-refractivity contribution >= 4 is 16.8 Å². The molecular weight excluding hydrogens is 404 g/mol. The molecule has 0 fully saturated rings. The molecule has 0 amide bonds. The predicted molar refractivity (Wildman–Crippen MR) is 135 cm³/mol. The molecule has 0 spiro atoms. The molecule has 31 heavy (non-hydrogen) atoms. The minimum atomic E-state index is -0.552. The second kappa shape index (κ2) is 18.5. The fourth-order valence-corrected chi connectivity index (χ4v) is 4.30. The van der Waals surface area contributed by atoms with E-state index >= 15 is 0 Å². The number of unbranched alkanes of at least 4 members (excludes halogenated alkanes) is 12. The molecule has 0 aromatic heterocycles. The van der Waals surface area contributed by atoms with E-state index in [2.05, 4.69) is 32.0 Å². The Hall–Kier alpha value is -1.02. The Bertz CT molecular complexity index is 584. The van der Waals surface area contributed by atoms with Gasteiger partial charge in [-0.25, -0.2) is 0 Å². The molecule has 178 valence electrons. The van der Waals surface area contributed by atoms with Crippen molar-refractivity contribution in [3.8, 4) is 5.75 Å². The summed E-state index contributed by atoms with van der Waals surface area (Å²) in [6.07, 6.45) is 20.6. The molecule has 0 saturated heterocycles. The number of carbonyl (C=O) groups excluding carboxylic acids is 1. The van der Waals surface area contributed by atoms with Crippen LogP contribution in [0.25, 0.3) is 0 Å². The predicted octanol–water partition coefficient (Wildman–Crippen LogP) is 9.20. The molecular formula is C28H47ClO2. The van der Waals surface area contributed by atoms with Crippen molar-refractivity contribution in [2.45, 2.75) is 136 Å². The SMILES string of the molecule is CCCCCCCCCc1ccc(OC(CC)C(=O)Cl)c(CCCCCCCCC)c1. The van der Waals surface area contributed by atoms with Crippen LogP contribution in [0.2, 0.25) is 0 Å². The van der Waals surface area contributed by atoms with Crippen LogP contribution in [-0.2, 0) is 17.6 Å². The molecule has 1 aromatic carbocycles. The number of ether oxygens (including phenoxy) is 1. The Morgan fingerprint density at radius 2 is 1.29 bits per heavy atom. The summed E-state index contributed by atoms with van der Waals surface area (Å²) in [5, 5.41) is -0.406. The van der Waals surface area contributed by atoms with Crippen LogP contribution >= 0.6 is 11.6 Å². The average Bonchev–Trinajstić information content (AvgIpc) is 2.77. The number of benzene rings is 1. The van der Waals surface area contributed by atoms with Crippen molar-refractivity contribution in [3.05, 3.63) is 29.3 Å². The minimum absolute atomic E-state index is 0.406. The zero-order chi connectivity index (χ0) is 22.7. The fraction of sp³-hybridized carbons (Fsp3) is 0.750. The summed E-state index contributed by atoms with van der Waals surface area (Å²) in [5.74, 6) is 0.843. The van der Waals surface area contributed by atoms with E-state index in [-0.39, 0.29) is 0 Å². The van der Waals surface area contributed by atoms with Gasteiger partial charge in [0.25, 0.3) is 5.24 Å². The highest BCUT2D eigenvalue weighted by atomic mass is 35.5. The van der Waals surface area contributed by atoms with Crippen LogP contribution in [0.15, 0.2) is 18.2 Å². The first-order chi connectivity index (χ1) is 15.1. The maximum atomic E-state index is 11.7. The first kappa shape index (κ1) is 28.0. The third-order valence-electron chi connectivity index (χ3n) is 6.14. The van der Waals surface area contributed by atoms with Crippen molar-refractivity contribution in [2.24, 2.45) is 0 Å². The van der Waals surface area contributed by atoms with E-state index < -0.39 is 11.3 Å². The molecule has 1 aromatic rings. The topological polar surface area (TPSA) is 26.3 Å². The van der Waals surface area contributed by atoms with Gasteiger partial charge in [0.1, 0.15) is 5.75 Å². The molecule has 1 rings (SSSR count). The zero-order valence-corrected chi connectivity index (χ0v) is 21.3. The van der Waals surface area contributed by atoms with E-state index in [1.54, 1.807) is 0 Å². The molecule has 0 heterocycles. The van der Waals surface area contributed by atoms with Gasteiger partial charge in [0.05, 0.1) is 0 Å². The molecule has 0 aliphatic heterocycles. The van der Waals surface area contributed by atoms with Crippen molar-refractivity contribution in [2.75, 3.05) is 0 Å². The molecule has 1 unspecified atom stereocenters. The quantitative estimate of drug-likeness (QED) is 0.146. The Morgan fingerprint density at radius 1 is 0.774 bits per heavy atom. The average molecular weight is 451 g/mol. The van der Waals surface area contributed by atoms with Gasteiger partial charge < -0.3 is 4.74 Å². The van der Waals surface area contributed by atoms with Crippen LogP contribution in [0.1, 0.15) is 128 Å². The lowest BCUT2D eigenvalue weighted by Gasteiger charge is -2.18. The van der Waals surface area contributed by atoms with Crippen LogP contribution in [0.3, 0.4) is 0 Å². The molecule has 0 aliphatic carbocycles. The minimum Gasteiger partial charge on any atom is -0.481 e. The van der Waals surface area contributed by atoms with Gasteiger partial charge in [0.2, 0.25) is 0 Å². The van der Waals surface area contributed by atoms with E-state index in [1.165, 1.54) is 101 Å². The van der Waals surface area contributed by atoms with Crippen LogP contribution < -0.4 is 4.74 Å². The fourth-order valence-electron chi connectivity index (χ4n) is 4.10. The van der Waals surface area contributed by atoms with E-state index in [1.807, 2.05) is 6.92 Å². The zero-order valence-electron chi connectivity index (χ0n) is 20.5. The van der Waals surface area contributed by atoms with Gasteiger partial charge in [0.15, 0.2) is 6.10 Å². The summed E-state index contributed by atoms with van der Waals surface area (Å²) in [4.78, 5) is 11.7. The number of rotatable bonds is 20. The second-order valence-electron chi connectivity index (χ2n) is 9.00. The Labute approximate surface area is 197 Å². The first-order valence-electron chi connectivity index (χ1n) is 13.1. The largest absolute Gasteiger partial charge is 0.481 e. The lowest BCUT2D eigenvalue weighted by Crippen LogP contribution is -2.23. The van der Waals surface area contributed by atoms with Crippen LogP contribution in [0, 0.1) is 0 Å². The van der Waals surface area contributed by atoms with Gasteiger partial charge in [-0.2, -0.15) is 0 Å². The second-order valence-corrected chi connectivity index (χ2v) is 9.38. The number of hydrogen-bond donors (Lipinski definition) is 0. The van der Waals surface area contributed by atoms with Crippen molar-refractivity contribution < 1.29 is 9.53 Å². The summed E-state index contributed by atoms with van der Waals surface area (Å²) in [6, 6.07) is 6.55. The number of hydrogen-bond acceptors (Lipinski definition) is 2. The molecule has 1 atom stereocenters. The van der Waals surface area contributed by atoms with Crippen molar-refractivity contribution in [1.82, 2.24) is 0 Å². The lowest BCUT2D eigenvalue weighted by atomic mass is 9.99. The van der Waals surface area contributed by atoms with Crippen LogP contribution in [-0.4, -0.2) is 11.3 Å². The molecule has 3 heteroatoms. The van der Waals surface area contributed by atoms with Gasteiger partial charge in [-0.15, -0.1) is 0 Å². The Kier molecular flexibility index (Phi) is 16.8. The standard InChI is InChI=1S/C28H47ClO2/c1-4-7-9-11-13-15-17-19-24-21-22-27(31-26(6-3)28(29)30)25(23-24)20-18-16-14-12-10-8-5-2/h21-23,26H,4-20H2,1-3H3. The number of halogens is 1. The van der Waals surface area contributed by atoms with Gasteiger partial charge in [0, 0.05) is 0 Å². The van der Waals surface area contributed by atoms with Crippen LogP contribution in [0.5, 0.6) is 5.75 Å². The summed E-state index contributed by atoms with van der Waals surface area (Å²) < 4.78 is 6.02. The number of aryl methyl sites for hydroxylation is 2. The number of carbonyl (C=O) groups is 1. The van der Waals surface area contributed by atoms with E-state index in [0.717, 1.165) is 18.6 Å². The highest BCUT2D eigenvalue weighted by Gasteiger charge is 2.17. The summed E-state index contributed by atoms with van der Waals surface area (Å²) in [7, 11) is 0. The van der Waals surface area contributed by atoms with Gasteiger partial charge in [-0.3, -0.25) is 4.79 Å². The maximum absolute atomic E-state index is 11.7. The van der Waals surface area contributed by atoms with Gasteiger partial charge >= 0.3 is 0 Å². The molecule has 0 bridgehead atoms. The van der Waals surface area contributed by atoms with Crippen LogP contribution in [0.4, 0.5) is 0 Å². The molecule has 0 aliphatic rings. The van der Waals surface area contributed by atoms with Gasteiger partial charge in [-0.05, 0) is 60.9 Å².